The number of hydrogen-bond donors (Lipinski definition) is 0. The molecule has 0 N–H and O–H groups in total. The predicted octanol–water partition coefficient (Wildman–Crippen LogP) is 5.05. The highest BCUT2D eigenvalue weighted by atomic mass is 79.9. The maximum absolute atomic E-state index is 13.0. The van der Waals surface area contributed by atoms with Crippen LogP contribution >= 0.6 is 27.5 Å². The summed E-state index contributed by atoms with van der Waals surface area (Å²) in [6, 6.07) is 9.15. The fourth-order valence-corrected chi connectivity index (χ4v) is 2.20. The minimum Gasteiger partial charge on any atom is -0.489 e. The van der Waals surface area contributed by atoms with E-state index in [0.29, 0.717) is 17.2 Å². The van der Waals surface area contributed by atoms with Crippen LogP contribution in [0.15, 0.2) is 40.9 Å². The van der Waals surface area contributed by atoms with Crippen LogP contribution in [-0.2, 0) is 12.5 Å². The molecular formula is C14H10BrClF2O. The summed E-state index contributed by atoms with van der Waals surface area (Å²) in [7, 11) is 0. The zero-order valence-electron chi connectivity index (χ0n) is 9.80. The molecule has 0 amide bonds. The normalized spacial score (nSPS) is 10.5. The molecule has 1 nitrogen and oxygen atoms in total. The predicted molar refractivity (Wildman–Crippen MR) is 74.4 cm³/mol. The van der Waals surface area contributed by atoms with Gasteiger partial charge in [-0.15, -0.1) is 11.6 Å². The third-order valence-electron chi connectivity index (χ3n) is 2.54. The van der Waals surface area contributed by atoms with Crippen molar-refractivity contribution in [1.29, 1.82) is 0 Å². The summed E-state index contributed by atoms with van der Waals surface area (Å²) in [6.45, 7) is 0.155. The minimum atomic E-state index is -0.880. The summed E-state index contributed by atoms with van der Waals surface area (Å²) in [5.74, 6) is -0.807. The maximum Gasteiger partial charge on any atom is 0.159 e. The first-order valence-electron chi connectivity index (χ1n) is 5.51. The lowest BCUT2D eigenvalue weighted by Crippen LogP contribution is -1.99. The highest BCUT2D eigenvalue weighted by molar-refractivity contribution is 9.10. The molecule has 0 heterocycles. The zero-order valence-corrected chi connectivity index (χ0v) is 12.1. The number of hydrogen-bond acceptors (Lipinski definition) is 1. The van der Waals surface area contributed by atoms with Crippen molar-refractivity contribution in [3.63, 3.8) is 0 Å². The SMILES string of the molecule is Fc1ccc(COc2ccc(Br)cc2CCl)cc1F. The fraction of sp³-hybridized carbons (Fsp3) is 0.143. The summed E-state index contributed by atoms with van der Waals surface area (Å²) in [5.41, 5.74) is 1.39. The van der Waals surface area contributed by atoms with E-state index in [-0.39, 0.29) is 6.61 Å². The van der Waals surface area contributed by atoms with Gasteiger partial charge in [0.25, 0.3) is 0 Å². The summed E-state index contributed by atoms with van der Waals surface area (Å²) >= 11 is 9.17. The quantitative estimate of drug-likeness (QED) is 0.704. The molecule has 5 heteroatoms. The van der Waals surface area contributed by atoms with Crippen molar-refractivity contribution in [2.75, 3.05) is 0 Å². The van der Waals surface area contributed by atoms with Gasteiger partial charge in [-0.25, -0.2) is 8.78 Å². The molecule has 0 unspecified atom stereocenters. The maximum atomic E-state index is 13.0. The first-order chi connectivity index (χ1) is 9.10. The van der Waals surface area contributed by atoms with E-state index >= 15 is 0 Å². The van der Waals surface area contributed by atoms with E-state index in [1.54, 1.807) is 6.07 Å². The lowest BCUT2D eigenvalue weighted by molar-refractivity contribution is 0.302. The molecule has 2 aromatic carbocycles. The average Bonchev–Trinajstić information content (AvgIpc) is 2.41. The highest BCUT2D eigenvalue weighted by Gasteiger charge is 2.06. The van der Waals surface area contributed by atoms with E-state index in [1.807, 2.05) is 12.1 Å². The van der Waals surface area contributed by atoms with Crippen LogP contribution in [0, 0.1) is 11.6 Å². The molecular weight excluding hydrogens is 338 g/mol. The molecule has 0 aliphatic carbocycles. The Morgan fingerprint density at radius 3 is 2.53 bits per heavy atom. The summed E-state index contributed by atoms with van der Waals surface area (Å²) in [4.78, 5) is 0. The van der Waals surface area contributed by atoms with Gasteiger partial charge in [-0.3, -0.25) is 0 Å². The lowest BCUT2D eigenvalue weighted by Gasteiger charge is -2.10. The Hall–Kier alpha value is -1.13. The van der Waals surface area contributed by atoms with Gasteiger partial charge in [0.05, 0.1) is 5.88 Å². The van der Waals surface area contributed by atoms with Gasteiger partial charge in [0.2, 0.25) is 0 Å². The van der Waals surface area contributed by atoms with Crippen molar-refractivity contribution >= 4 is 27.5 Å². The van der Waals surface area contributed by atoms with Gasteiger partial charge >= 0.3 is 0 Å². The molecule has 0 saturated carbocycles. The van der Waals surface area contributed by atoms with Crippen molar-refractivity contribution in [1.82, 2.24) is 0 Å². The van der Waals surface area contributed by atoms with Crippen LogP contribution in [0.2, 0.25) is 0 Å². The third kappa shape index (κ3) is 3.67. The molecule has 2 aromatic rings. The van der Waals surface area contributed by atoms with Crippen molar-refractivity contribution in [2.45, 2.75) is 12.5 Å². The Labute approximate surface area is 123 Å². The number of ether oxygens (including phenoxy) is 1. The minimum absolute atomic E-state index is 0.155. The van der Waals surface area contributed by atoms with Crippen LogP contribution in [0.25, 0.3) is 0 Å². The van der Waals surface area contributed by atoms with Crippen molar-refractivity contribution < 1.29 is 13.5 Å². The van der Waals surface area contributed by atoms with Crippen LogP contribution in [0.1, 0.15) is 11.1 Å². The van der Waals surface area contributed by atoms with E-state index in [9.17, 15) is 8.78 Å². The van der Waals surface area contributed by atoms with Gasteiger partial charge in [0, 0.05) is 10.0 Å². The number of rotatable bonds is 4. The number of alkyl halides is 1. The van der Waals surface area contributed by atoms with Crippen molar-refractivity contribution in [3.05, 3.63) is 63.6 Å². The standard InChI is InChI=1S/C14H10BrClF2O/c15-11-2-4-14(10(6-11)7-16)19-8-9-1-3-12(17)13(18)5-9/h1-6H,7-8H2. The second-order valence-corrected chi connectivity index (χ2v) is 5.11. The lowest BCUT2D eigenvalue weighted by atomic mass is 10.2. The molecule has 0 bridgehead atoms. The second-order valence-electron chi connectivity index (χ2n) is 3.92. The smallest absolute Gasteiger partial charge is 0.159 e. The monoisotopic (exact) mass is 346 g/mol. The largest absolute Gasteiger partial charge is 0.489 e. The van der Waals surface area contributed by atoms with Gasteiger partial charge < -0.3 is 4.74 Å². The van der Waals surface area contributed by atoms with E-state index in [4.69, 9.17) is 16.3 Å². The Morgan fingerprint density at radius 1 is 1.05 bits per heavy atom. The zero-order chi connectivity index (χ0) is 13.8. The second kappa shape index (κ2) is 6.35. The molecule has 2 rings (SSSR count). The van der Waals surface area contributed by atoms with Gasteiger partial charge in [-0.1, -0.05) is 22.0 Å². The van der Waals surface area contributed by atoms with Crippen molar-refractivity contribution in [3.8, 4) is 5.75 Å². The summed E-state index contributed by atoms with van der Waals surface area (Å²) < 4.78 is 32.3. The van der Waals surface area contributed by atoms with Crippen LogP contribution in [0.4, 0.5) is 8.78 Å². The molecule has 0 fully saturated rings. The summed E-state index contributed by atoms with van der Waals surface area (Å²) in [6.07, 6.45) is 0. The molecule has 0 aliphatic rings. The molecule has 0 spiro atoms. The topological polar surface area (TPSA) is 9.23 Å². The molecule has 0 atom stereocenters. The van der Waals surface area contributed by atoms with E-state index in [0.717, 1.165) is 22.2 Å². The van der Waals surface area contributed by atoms with E-state index in [2.05, 4.69) is 15.9 Å². The average molecular weight is 348 g/mol. The third-order valence-corrected chi connectivity index (χ3v) is 3.33. The molecule has 0 aliphatic heterocycles. The summed E-state index contributed by atoms with van der Waals surface area (Å²) in [5, 5.41) is 0. The van der Waals surface area contributed by atoms with Crippen LogP contribution in [0.5, 0.6) is 5.75 Å². The highest BCUT2D eigenvalue weighted by Crippen LogP contribution is 2.25. The Bertz CT molecular complexity index is 590. The first-order valence-corrected chi connectivity index (χ1v) is 6.84. The number of benzene rings is 2. The number of halogens is 4. The van der Waals surface area contributed by atoms with Gasteiger partial charge in [0.1, 0.15) is 12.4 Å². The Morgan fingerprint density at radius 2 is 1.84 bits per heavy atom. The molecule has 0 saturated heterocycles. The van der Waals surface area contributed by atoms with Gasteiger partial charge in [-0.05, 0) is 35.9 Å². The Kier molecular flexibility index (Phi) is 4.77. The van der Waals surface area contributed by atoms with Gasteiger partial charge in [-0.2, -0.15) is 0 Å². The molecule has 0 aromatic heterocycles. The fourth-order valence-electron chi connectivity index (χ4n) is 1.58. The Balaban J connectivity index is 2.12. The van der Waals surface area contributed by atoms with Crippen LogP contribution in [0.3, 0.4) is 0 Å². The molecule has 0 radical (unpaired) electrons. The van der Waals surface area contributed by atoms with E-state index in [1.165, 1.54) is 6.07 Å². The molecule has 19 heavy (non-hydrogen) atoms. The van der Waals surface area contributed by atoms with E-state index < -0.39 is 11.6 Å². The van der Waals surface area contributed by atoms with Crippen LogP contribution in [-0.4, -0.2) is 0 Å². The van der Waals surface area contributed by atoms with Crippen molar-refractivity contribution in [2.24, 2.45) is 0 Å². The van der Waals surface area contributed by atoms with Crippen LogP contribution < -0.4 is 4.74 Å². The van der Waals surface area contributed by atoms with Gasteiger partial charge in [0.15, 0.2) is 11.6 Å². The molecule has 100 valence electrons. The first kappa shape index (κ1) is 14.3.